The lowest BCUT2D eigenvalue weighted by Gasteiger charge is -2.19. The fourth-order valence-corrected chi connectivity index (χ4v) is 2.73. The summed E-state index contributed by atoms with van der Waals surface area (Å²) in [5.41, 5.74) is 1.28. The van der Waals surface area contributed by atoms with Gasteiger partial charge in [0.2, 0.25) is 0 Å². The van der Waals surface area contributed by atoms with Crippen LogP contribution in [0.2, 0.25) is 0 Å². The molecule has 2 nitrogen and oxygen atoms in total. The number of thiophene rings is 1. The van der Waals surface area contributed by atoms with Gasteiger partial charge < -0.3 is 10.4 Å². The lowest BCUT2D eigenvalue weighted by Crippen LogP contribution is -2.25. The van der Waals surface area contributed by atoms with Crippen molar-refractivity contribution in [3.05, 3.63) is 58.3 Å². The van der Waals surface area contributed by atoms with Gasteiger partial charge in [0.15, 0.2) is 0 Å². The van der Waals surface area contributed by atoms with Gasteiger partial charge in [0.05, 0.1) is 0 Å². The van der Waals surface area contributed by atoms with Gasteiger partial charge in [-0.2, -0.15) is 0 Å². The molecule has 0 fully saturated rings. The first kappa shape index (κ1) is 13.3. The standard InChI is InChI=1S/C15H19NOS/c1-2-13(12-7-4-3-5-8-12)16-11-14(17)15-9-6-10-18-15/h3-10,13-14,16-17H,2,11H2,1H3. The molecule has 3 heteroatoms. The second kappa shape index (κ2) is 6.69. The van der Waals surface area contributed by atoms with Crippen LogP contribution in [-0.4, -0.2) is 11.7 Å². The molecule has 2 unspecified atom stereocenters. The molecular weight excluding hydrogens is 242 g/mol. The van der Waals surface area contributed by atoms with Crippen LogP contribution in [0.3, 0.4) is 0 Å². The summed E-state index contributed by atoms with van der Waals surface area (Å²) >= 11 is 1.60. The molecule has 1 heterocycles. The first-order valence-electron chi connectivity index (χ1n) is 6.31. The molecule has 18 heavy (non-hydrogen) atoms. The first-order valence-corrected chi connectivity index (χ1v) is 7.19. The topological polar surface area (TPSA) is 32.3 Å². The maximum absolute atomic E-state index is 10.0. The highest BCUT2D eigenvalue weighted by Gasteiger charge is 2.12. The largest absolute Gasteiger partial charge is 0.386 e. The minimum atomic E-state index is -0.414. The van der Waals surface area contributed by atoms with Crippen molar-refractivity contribution in [3.63, 3.8) is 0 Å². The SMILES string of the molecule is CCC(NCC(O)c1cccs1)c1ccccc1. The highest BCUT2D eigenvalue weighted by molar-refractivity contribution is 7.10. The normalized spacial score (nSPS) is 14.3. The predicted octanol–water partition coefficient (Wildman–Crippen LogP) is 3.52. The van der Waals surface area contributed by atoms with Crippen molar-refractivity contribution >= 4 is 11.3 Å². The Bertz CT molecular complexity index is 441. The van der Waals surface area contributed by atoms with Crippen molar-refractivity contribution in [2.75, 3.05) is 6.54 Å². The van der Waals surface area contributed by atoms with Crippen LogP contribution in [0.25, 0.3) is 0 Å². The van der Waals surface area contributed by atoms with E-state index in [2.05, 4.69) is 36.5 Å². The molecule has 0 radical (unpaired) electrons. The first-order chi connectivity index (χ1) is 8.81. The van der Waals surface area contributed by atoms with E-state index in [4.69, 9.17) is 0 Å². The van der Waals surface area contributed by atoms with Gasteiger partial charge in [-0.15, -0.1) is 11.3 Å². The number of hydrogen-bond donors (Lipinski definition) is 2. The van der Waals surface area contributed by atoms with Crippen molar-refractivity contribution in [1.82, 2.24) is 5.32 Å². The van der Waals surface area contributed by atoms with Gasteiger partial charge in [0, 0.05) is 17.5 Å². The van der Waals surface area contributed by atoms with Crippen LogP contribution in [0.15, 0.2) is 47.8 Å². The maximum atomic E-state index is 10.0. The lowest BCUT2D eigenvalue weighted by molar-refractivity contribution is 0.173. The summed E-state index contributed by atoms with van der Waals surface area (Å²) in [7, 11) is 0. The molecule has 2 N–H and O–H groups in total. The minimum Gasteiger partial charge on any atom is -0.386 e. The fourth-order valence-electron chi connectivity index (χ4n) is 2.02. The lowest BCUT2D eigenvalue weighted by atomic mass is 10.0. The van der Waals surface area contributed by atoms with Crippen molar-refractivity contribution in [3.8, 4) is 0 Å². The van der Waals surface area contributed by atoms with Crippen molar-refractivity contribution in [1.29, 1.82) is 0 Å². The Hall–Kier alpha value is -1.16. The highest BCUT2D eigenvalue weighted by atomic mass is 32.1. The average Bonchev–Trinajstić information content (AvgIpc) is 2.94. The molecule has 0 bridgehead atoms. The van der Waals surface area contributed by atoms with Gasteiger partial charge in [-0.3, -0.25) is 0 Å². The Morgan fingerprint density at radius 3 is 2.56 bits per heavy atom. The highest BCUT2D eigenvalue weighted by Crippen LogP contribution is 2.20. The maximum Gasteiger partial charge on any atom is 0.101 e. The van der Waals surface area contributed by atoms with Gasteiger partial charge in [-0.25, -0.2) is 0 Å². The smallest absolute Gasteiger partial charge is 0.101 e. The van der Waals surface area contributed by atoms with Crippen molar-refractivity contribution in [2.24, 2.45) is 0 Å². The summed E-state index contributed by atoms with van der Waals surface area (Å²) in [6.07, 6.45) is 0.601. The summed E-state index contributed by atoms with van der Waals surface area (Å²) in [6, 6.07) is 14.6. The molecule has 2 atom stereocenters. The Kier molecular flexibility index (Phi) is 4.93. The Balaban J connectivity index is 1.92. The van der Waals surface area contributed by atoms with Gasteiger partial charge in [0.1, 0.15) is 6.10 Å². The summed E-state index contributed by atoms with van der Waals surface area (Å²) in [6.45, 7) is 2.75. The number of aliphatic hydroxyl groups is 1. The zero-order valence-electron chi connectivity index (χ0n) is 10.5. The molecule has 2 rings (SSSR count). The number of rotatable bonds is 6. The zero-order chi connectivity index (χ0) is 12.8. The monoisotopic (exact) mass is 261 g/mol. The van der Waals surface area contributed by atoms with E-state index in [-0.39, 0.29) is 0 Å². The van der Waals surface area contributed by atoms with E-state index in [1.54, 1.807) is 11.3 Å². The molecule has 96 valence electrons. The molecule has 0 saturated carbocycles. The Morgan fingerprint density at radius 2 is 1.94 bits per heavy atom. The molecule has 0 saturated heterocycles. The van der Waals surface area contributed by atoms with Crippen LogP contribution in [0.1, 0.15) is 35.9 Å². The van der Waals surface area contributed by atoms with E-state index in [0.717, 1.165) is 11.3 Å². The van der Waals surface area contributed by atoms with Crippen LogP contribution in [0, 0.1) is 0 Å². The average molecular weight is 261 g/mol. The van der Waals surface area contributed by atoms with E-state index in [1.807, 2.05) is 23.6 Å². The van der Waals surface area contributed by atoms with Crippen molar-refractivity contribution in [2.45, 2.75) is 25.5 Å². The van der Waals surface area contributed by atoms with E-state index in [0.29, 0.717) is 12.6 Å². The zero-order valence-corrected chi connectivity index (χ0v) is 11.4. The molecule has 0 amide bonds. The summed E-state index contributed by atoms with van der Waals surface area (Å²) < 4.78 is 0. The minimum absolute atomic E-state index is 0.306. The molecule has 1 aromatic heterocycles. The van der Waals surface area contributed by atoms with Crippen LogP contribution in [0.5, 0.6) is 0 Å². The third-order valence-electron chi connectivity index (χ3n) is 3.04. The van der Waals surface area contributed by atoms with E-state index >= 15 is 0 Å². The van der Waals surface area contributed by atoms with Crippen LogP contribution in [-0.2, 0) is 0 Å². The summed E-state index contributed by atoms with van der Waals surface area (Å²) in [5, 5.41) is 15.5. The van der Waals surface area contributed by atoms with Crippen LogP contribution in [0.4, 0.5) is 0 Å². The number of benzene rings is 1. The molecule has 1 aromatic carbocycles. The van der Waals surface area contributed by atoms with Crippen LogP contribution >= 0.6 is 11.3 Å². The number of nitrogens with one attached hydrogen (secondary N) is 1. The summed E-state index contributed by atoms with van der Waals surface area (Å²) in [5.74, 6) is 0. The van der Waals surface area contributed by atoms with E-state index in [9.17, 15) is 5.11 Å². The third kappa shape index (κ3) is 3.42. The second-order valence-electron chi connectivity index (χ2n) is 4.31. The van der Waals surface area contributed by atoms with Gasteiger partial charge in [-0.05, 0) is 23.4 Å². The Morgan fingerprint density at radius 1 is 1.17 bits per heavy atom. The molecule has 2 aromatic rings. The molecule has 0 aliphatic rings. The molecule has 0 aliphatic heterocycles. The Labute approximate surface area is 112 Å². The molecular formula is C15H19NOS. The van der Waals surface area contributed by atoms with E-state index < -0.39 is 6.10 Å². The van der Waals surface area contributed by atoms with Gasteiger partial charge in [-0.1, -0.05) is 43.3 Å². The van der Waals surface area contributed by atoms with Gasteiger partial charge in [0.25, 0.3) is 0 Å². The number of hydrogen-bond acceptors (Lipinski definition) is 3. The molecule has 0 spiro atoms. The quantitative estimate of drug-likeness (QED) is 0.834. The van der Waals surface area contributed by atoms with E-state index in [1.165, 1.54) is 5.56 Å². The number of aliphatic hydroxyl groups excluding tert-OH is 1. The van der Waals surface area contributed by atoms with Crippen LogP contribution < -0.4 is 5.32 Å². The molecule has 0 aliphatic carbocycles. The van der Waals surface area contributed by atoms with Gasteiger partial charge >= 0.3 is 0 Å². The predicted molar refractivity (Wildman–Crippen MR) is 76.8 cm³/mol. The van der Waals surface area contributed by atoms with Crippen molar-refractivity contribution < 1.29 is 5.11 Å². The summed E-state index contributed by atoms with van der Waals surface area (Å²) in [4.78, 5) is 1.02. The third-order valence-corrected chi connectivity index (χ3v) is 4.01. The fraction of sp³-hybridized carbons (Fsp3) is 0.333. The second-order valence-corrected chi connectivity index (χ2v) is 5.29.